The van der Waals surface area contributed by atoms with Crippen molar-refractivity contribution in [1.29, 1.82) is 0 Å². The molecular weight excluding hydrogens is 272 g/mol. The Morgan fingerprint density at radius 3 is 2.63 bits per heavy atom. The van der Waals surface area contributed by atoms with Crippen LogP contribution < -0.4 is 4.74 Å². The molecule has 0 amide bonds. The summed E-state index contributed by atoms with van der Waals surface area (Å²) in [5.41, 5.74) is 0.291. The highest BCUT2D eigenvalue weighted by Crippen LogP contribution is 2.36. The number of carbonyl (C=O) groups excluding carboxylic acids is 1. The normalized spacial score (nSPS) is 13.9. The fourth-order valence-corrected chi connectivity index (χ4v) is 1.91. The second-order valence-electron chi connectivity index (χ2n) is 4.00. The molecule has 0 aliphatic carbocycles. The summed E-state index contributed by atoms with van der Waals surface area (Å²) in [6.07, 6.45) is -1.72. The van der Waals surface area contributed by atoms with Crippen molar-refractivity contribution in [1.82, 2.24) is 0 Å². The van der Waals surface area contributed by atoms with Gasteiger partial charge < -0.3 is 20.1 Å². The van der Waals surface area contributed by atoms with Gasteiger partial charge >= 0.3 is 0 Å². The Hall–Kier alpha value is -1.30. The Bertz CT molecular complexity index is 435. The first-order chi connectivity index (χ1) is 9.04. The molecule has 0 aromatic heterocycles. The predicted octanol–water partition coefficient (Wildman–Crippen LogP) is 1.63. The molecule has 6 heteroatoms. The Labute approximate surface area is 116 Å². The van der Waals surface area contributed by atoms with Crippen molar-refractivity contribution in [3.63, 3.8) is 0 Å². The molecule has 106 valence electrons. The van der Waals surface area contributed by atoms with Crippen LogP contribution in [-0.2, 0) is 0 Å². The molecule has 0 bridgehead atoms. The second kappa shape index (κ2) is 7.33. The third-order valence-corrected chi connectivity index (χ3v) is 2.87. The van der Waals surface area contributed by atoms with E-state index in [1.807, 2.05) is 0 Å². The van der Waals surface area contributed by atoms with E-state index in [0.717, 1.165) is 0 Å². The van der Waals surface area contributed by atoms with Crippen LogP contribution in [0.3, 0.4) is 0 Å². The van der Waals surface area contributed by atoms with E-state index in [-0.39, 0.29) is 34.9 Å². The third kappa shape index (κ3) is 3.83. The Balaban J connectivity index is 3.17. The predicted molar refractivity (Wildman–Crippen MR) is 71.0 cm³/mol. The van der Waals surface area contributed by atoms with Crippen molar-refractivity contribution in [2.24, 2.45) is 0 Å². The molecule has 1 rings (SSSR count). The lowest BCUT2D eigenvalue weighted by atomic mass is 9.99. The van der Waals surface area contributed by atoms with Crippen LogP contribution in [0.25, 0.3) is 0 Å². The highest BCUT2D eigenvalue weighted by atomic mass is 35.5. The average Bonchev–Trinajstić information content (AvgIpc) is 2.40. The monoisotopic (exact) mass is 288 g/mol. The summed E-state index contributed by atoms with van der Waals surface area (Å²) < 4.78 is 5.18. The van der Waals surface area contributed by atoms with Crippen molar-refractivity contribution in [2.45, 2.75) is 25.6 Å². The first kappa shape index (κ1) is 15.8. The van der Waals surface area contributed by atoms with E-state index in [2.05, 4.69) is 0 Å². The van der Waals surface area contributed by atoms with Crippen LogP contribution in [0.15, 0.2) is 12.1 Å². The number of alkyl halides is 1. The number of aldehydes is 1. The smallest absolute Gasteiger partial charge is 0.163 e. The van der Waals surface area contributed by atoms with E-state index in [1.165, 1.54) is 12.1 Å². The number of benzene rings is 1. The largest absolute Gasteiger partial charge is 0.504 e. The minimum atomic E-state index is -1.34. The van der Waals surface area contributed by atoms with E-state index in [4.69, 9.17) is 16.3 Å². The molecular formula is C13H17ClO5. The van der Waals surface area contributed by atoms with E-state index in [0.29, 0.717) is 12.9 Å². The van der Waals surface area contributed by atoms with E-state index in [9.17, 15) is 20.1 Å². The van der Waals surface area contributed by atoms with Crippen LogP contribution in [0.2, 0.25) is 0 Å². The molecule has 0 aliphatic heterocycles. The van der Waals surface area contributed by atoms with Gasteiger partial charge in [0.25, 0.3) is 0 Å². The Kier molecular flexibility index (Phi) is 6.08. The van der Waals surface area contributed by atoms with Gasteiger partial charge in [-0.3, -0.25) is 4.79 Å². The van der Waals surface area contributed by atoms with Crippen LogP contribution in [0.5, 0.6) is 11.5 Å². The summed E-state index contributed by atoms with van der Waals surface area (Å²) in [7, 11) is 0. The van der Waals surface area contributed by atoms with Crippen LogP contribution in [0.4, 0.5) is 0 Å². The molecule has 3 N–H and O–H groups in total. The minimum absolute atomic E-state index is 0.0469. The maximum Gasteiger partial charge on any atom is 0.163 e. The van der Waals surface area contributed by atoms with Crippen molar-refractivity contribution in [3.05, 3.63) is 23.3 Å². The minimum Gasteiger partial charge on any atom is -0.504 e. The third-order valence-electron chi connectivity index (χ3n) is 2.65. The molecule has 2 atom stereocenters. The summed E-state index contributed by atoms with van der Waals surface area (Å²) in [5.74, 6) is -0.0159. The molecule has 19 heavy (non-hydrogen) atoms. The molecule has 0 heterocycles. The number of ether oxygens (including phenoxy) is 1. The fraction of sp³-hybridized carbons (Fsp3) is 0.462. The molecule has 0 spiro atoms. The fourth-order valence-electron chi connectivity index (χ4n) is 1.69. The van der Waals surface area contributed by atoms with Crippen molar-refractivity contribution < 1.29 is 24.9 Å². The Morgan fingerprint density at radius 2 is 2.11 bits per heavy atom. The molecule has 0 fully saturated rings. The number of aliphatic hydroxyl groups is 2. The number of hydrogen-bond donors (Lipinski definition) is 3. The number of aliphatic hydroxyl groups excluding tert-OH is 2. The first-order valence-electron chi connectivity index (χ1n) is 5.92. The highest BCUT2D eigenvalue weighted by Gasteiger charge is 2.23. The molecule has 2 unspecified atom stereocenters. The molecule has 1 aromatic rings. The summed E-state index contributed by atoms with van der Waals surface area (Å²) in [5, 5.41) is 29.7. The van der Waals surface area contributed by atoms with E-state index < -0.39 is 12.2 Å². The lowest BCUT2D eigenvalue weighted by Gasteiger charge is -2.20. The van der Waals surface area contributed by atoms with Gasteiger partial charge in [0.05, 0.1) is 12.7 Å². The van der Waals surface area contributed by atoms with Gasteiger partial charge in [-0.15, -0.1) is 11.6 Å². The first-order valence-corrected chi connectivity index (χ1v) is 6.45. The standard InChI is InChI=1S/C13H17ClO5/c1-2-19-11-6-8(7-15)5-9(13(11)18)12(17)10(16)3-4-14/h5-7,10,12,16-18H,2-4H2,1H3. The van der Waals surface area contributed by atoms with Crippen molar-refractivity contribution in [2.75, 3.05) is 12.5 Å². The van der Waals surface area contributed by atoms with Gasteiger partial charge in [-0.25, -0.2) is 0 Å². The molecule has 0 radical (unpaired) electrons. The van der Waals surface area contributed by atoms with Crippen LogP contribution >= 0.6 is 11.6 Å². The average molecular weight is 289 g/mol. The topological polar surface area (TPSA) is 87.0 Å². The summed E-state index contributed by atoms with van der Waals surface area (Å²) in [4.78, 5) is 10.8. The lowest BCUT2D eigenvalue weighted by molar-refractivity contribution is 0.0154. The zero-order valence-corrected chi connectivity index (χ0v) is 11.3. The second-order valence-corrected chi connectivity index (χ2v) is 4.38. The van der Waals surface area contributed by atoms with Gasteiger partial charge in [0.1, 0.15) is 12.4 Å². The van der Waals surface area contributed by atoms with Gasteiger partial charge in [-0.2, -0.15) is 0 Å². The number of phenols is 1. The maximum absolute atomic E-state index is 10.8. The van der Waals surface area contributed by atoms with Crippen molar-refractivity contribution in [3.8, 4) is 11.5 Å². The Morgan fingerprint density at radius 1 is 1.42 bits per heavy atom. The quantitative estimate of drug-likeness (QED) is 0.524. The van der Waals surface area contributed by atoms with E-state index >= 15 is 0 Å². The number of rotatable bonds is 7. The molecule has 1 aromatic carbocycles. The molecule has 0 saturated heterocycles. The number of carbonyl (C=O) groups is 1. The highest BCUT2D eigenvalue weighted by molar-refractivity contribution is 6.17. The summed E-state index contributed by atoms with van der Waals surface area (Å²) in [6, 6.07) is 2.68. The van der Waals surface area contributed by atoms with Gasteiger partial charge in [0.2, 0.25) is 0 Å². The summed E-state index contributed by atoms with van der Waals surface area (Å²) >= 11 is 5.49. The van der Waals surface area contributed by atoms with E-state index in [1.54, 1.807) is 6.92 Å². The number of hydrogen-bond acceptors (Lipinski definition) is 5. The maximum atomic E-state index is 10.8. The van der Waals surface area contributed by atoms with Crippen molar-refractivity contribution >= 4 is 17.9 Å². The van der Waals surface area contributed by atoms with Crippen LogP contribution in [0.1, 0.15) is 35.4 Å². The zero-order chi connectivity index (χ0) is 14.4. The van der Waals surface area contributed by atoms with Gasteiger partial charge in [-0.1, -0.05) is 0 Å². The molecule has 5 nitrogen and oxygen atoms in total. The number of aromatic hydroxyl groups is 1. The van der Waals surface area contributed by atoms with Crippen LogP contribution in [-0.4, -0.2) is 40.2 Å². The zero-order valence-electron chi connectivity index (χ0n) is 10.5. The SMILES string of the molecule is CCOc1cc(C=O)cc(C(O)C(O)CCCl)c1O. The van der Waals surface area contributed by atoms with Gasteiger partial charge in [0, 0.05) is 17.0 Å². The van der Waals surface area contributed by atoms with Crippen LogP contribution in [0, 0.1) is 0 Å². The lowest BCUT2D eigenvalue weighted by Crippen LogP contribution is -2.19. The molecule has 0 saturated carbocycles. The molecule has 0 aliphatic rings. The summed E-state index contributed by atoms with van der Waals surface area (Å²) in [6.45, 7) is 2.03. The van der Waals surface area contributed by atoms with Gasteiger partial charge in [0.15, 0.2) is 11.5 Å². The number of phenolic OH excluding ortho intramolecular Hbond substituents is 1. The number of halogens is 1. The van der Waals surface area contributed by atoms with Gasteiger partial charge in [-0.05, 0) is 25.5 Å².